The SMILES string of the molecule is CC(O)CNCCNc1nnnn1C. The second-order valence-electron chi connectivity index (χ2n) is 3.11. The predicted molar refractivity (Wildman–Crippen MR) is 51.8 cm³/mol. The van der Waals surface area contributed by atoms with Gasteiger partial charge >= 0.3 is 0 Å². The van der Waals surface area contributed by atoms with Gasteiger partial charge in [0.1, 0.15) is 0 Å². The van der Waals surface area contributed by atoms with Crippen molar-refractivity contribution in [2.45, 2.75) is 13.0 Å². The predicted octanol–water partition coefficient (Wildman–Crippen LogP) is -1.41. The van der Waals surface area contributed by atoms with Gasteiger partial charge in [-0.15, -0.1) is 0 Å². The van der Waals surface area contributed by atoms with Gasteiger partial charge in [-0.3, -0.25) is 0 Å². The summed E-state index contributed by atoms with van der Waals surface area (Å²) in [5.41, 5.74) is 0. The van der Waals surface area contributed by atoms with Crippen molar-refractivity contribution in [3.63, 3.8) is 0 Å². The molecule has 1 rings (SSSR count). The number of aryl methyl sites for hydroxylation is 1. The molecule has 0 spiro atoms. The fourth-order valence-corrected chi connectivity index (χ4v) is 0.953. The van der Waals surface area contributed by atoms with Crippen molar-refractivity contribution in [1.82, 2.24) is 25.5 Å². The van der Waals surface area contributed by atoms with Crippen LogP contribution in [0.3, 0.4) is 0 Å². The minimum absolute atomic E-state index is 0.313. The molecule has 0 radical (unpaired) electrons. The first-order valence-corrected chi connectivity index (χ1v) is 4.55. The molecule has 0 fully saturated rings. The lowest BCUT2D eigenvalue weighted by Gasteiger charge is -2.07. The lowest BCUT2D eigenvalue weighted by atomic mass is 10.4. The van der Waals surface area contributed by atoms with Crippen LogP contribution in [0.2, 0.25) is 0 Å². The average molecular weight is 200 g/mol. The lowest BCUT2D eigenvalue weighted by Crippen LogP contribution is -2.29. The molecule has 7 nitrogen and oxygen atoms in total. The van der Waals surface area contributed by atoms with Gasteiger partial charge in [-0.05, 0) is 17.4 Å². The molecule has 0 aliphatic rings. The van der Waals surface area contributed by atoms with Crippen molar-refractivity contribution >= 4 is 5.95 Å². The van der Waals surface area contributed by atoms with Crippen LogP contribution in [0.1, 0.15) is 6.92 Å². The molecule has 3 N–H and O–H groups in total. The molecule has 0 aliphatic heterocycles. The molecule has 14 heavy (non-hydrogen) atoms. The maximum Gasteiger partial charge on any atom is 0.242 e. The monoisotopic (exact) mass is 200 g/mol. The summed E-state index contributed by atoms with van der Waals surface area (Å²) in [4.78, 5) is 0. The zero-order valence-corrected chi connectivity index (χ0v) is 8.43. The van der Waals surface area contributed by atoms with Crippen molar-refractivity contribution in [3.05, 3.63) is 0 Å². The van der Waals surface area contributed by atoms with Crippen molar-refractivity contribution in [2.24, 2.45) is 7.05 Å². The molecule has 0 amide bonds. The van der Waals surface area contributed by atoms with E-state index in [-0.39, 0.29) is 6.10 Å². The van der Waals surface area contributed by atoms with E-state index in [0.717, 1.165) is 13.1 Å². The van der Waals surface area contributed by atoms with Crippen LogP contribution in [0.25, 0.3) is 0 Å². The maximum atomic E-state index is 8.96. The fraction of sp³-hybridized carbons (Fsp3) is 0.857. The van der Waals surface area contributed by atoms with Gasteiger partial charge in [0.15, 0.2) is 0 Å². The molecule has 1 aromatic rings. The van der Waals surface area contributed by atoms with Gasteiger partial charge in [-0.25, -0.2) is 4.68 Å². The van der Waals surface area contributed by atoms with E-state index in [4.69, 9.17) is 5.11 Å². The number of aromatic nitrogens is 4. The van der Waals surface area contributed by atoms with E-state index in [2.05, 4.69) is 26.2 Å². The molecule has 1 heterocycles. The summed E-state index contributed by atoms with van der Waals surface area (Å²) in [6.07, 6.45) is -0.313. The number of hydrogen-bond acceptors (Lipinski definition) is 6. The molecule has 1 atom stereocenters. The largest absolute Gasteiger partial charge is 0.392 e. The topological polar surface area (TPSA) is 87.9 Å². The first-order valence-electron chi connectivity index (χ1n) is 4.55. The van der Waals surface area contributed by atoms with Gasteiger partial charge in [0, 0.05) is 26.7 Å². The van der Waals surface area contributed by atoms with Crippen LogP contribution in [-0.2, 0) is 7.05 Å². The first kappa shape index (κ1) is 10.9. The number of nitrogens with one attached hydrogen (secondary N) is 2. The highest BCUT2D eigenvalue weighted by Crippen LogP contribution is 1.92. The Morgan fingerprint density at radius 1 is 1.50 bits per heavy atom. The maximum absolute atomic E-state index is 8.96. The Bertz CT molecular complexity index is 260. The molecule has 7 heteroatoms. The zero-order valence-electron chi connectivity index (χ0n) is 8.43. The Morgan fingerprint density at radius 3 is 2.86 bits per heavy atom. The fourth-order valence-electron chi connectivity index (χ4n) is 0.953. The molecule has 0 bridgehead atoms. The molecule has 1 aromatic heterocycles. The summed E-state index contributed by atoms with van der Waals surface area (Å²) < 4.78 is 1.56. The molecular weight excluding hydrogens is 184 g/mol. The van der Waals surface area contributed by atoms with Gasteiger partial charge in [-0.2, -0.15) is 0 Å². The number of anilines is 1. The third kappa shape index (κ3) is 3.67. The van der Waals surface area contributed by atoms with Crippen LogP contribution in [0.15, 0.2) is 0 Å². The van der Waals surface area contributed by atoms with Crippen LogP contribution >= 0.6 is 0 Å². The van der Waals surface area contributed by atoms with E-state index in [0.29, 0.717) is 12.5 Å². The standard InChI is InChI=1S/C7H16N6O/c1-6(14)5-8-3-4-9-7-10-11-12-13(7)2/h6,8,14H,3-5H2,1-2H3,(H,9,10,12). The highest BCUT2D eigenvalue weighted by atomic mass is 16.3. The molecular formula is C7H16N6O. The molecule has 0 aliphatic carbocycles. The lowest BCUT2D eigenvalue weighted by molar-refractivity contribution is 0.192. The quantitative estimate of drug-likeness (QED) is 0.489. The third-order valence-corrected chi connectivity index (χ3v) is 1.64. The minimum Gasteiger partial charge on any atom is -0.392 e. The van der Waals surface area contributed by atoms with Crippen LogP contribution in [0, 0.1) is 0 Å². The summed E-state index contributed by atoms with van der Waals surface area (Å²) in [6, 6.07) is 0. The number of aliphatic hydroxyl groups is 1. The Balaban J connectivity index is 2.08. The smallest absolute Gasteiger partial charge is 0.242 e. The van der Waals surface area contributed by atoms with Crippen LogP contribution in [-0.4, -0.2) is 51.1 Å². The summed E-state index contributed by atoms with van der Waals surface area (Å²) >= 11 is 0. The summed E-state index contributed by atoms with van der Waals surface area (Å²) in [6.45, 7) is 3.82. The first-order chi connectivity index (χ1) is 6.70. The average Bonchev–Trinajstić information content (AvgIpc) is 2.51. The van der Waals surface area contributed by atoms with Gasteiger partial charge < -0.3 is 15.7 Å². The van der Waals surface area contributed by atoms with E-state index in [9.17, 15) is 0 Å². The number of rotatable bonds is 6. The minimum atomic E-state index is -0.313. The normalized spacial score (nSPS) is 12.8. The number of hydrogen-bond donors (Lipinski definition) is 3. The number of tetrazole rings is 1. The van der Waals surface area contributed by atoms with E-state index >= 15 is 0 Å². The Labute approximate surface area is 82.5 Å². The van der Waals surface area contributed by atoms with Gasteiger partial charge in [0.25, 0.3) is 0 Å². The zero-order chi connectivity index (χ0) is 10.4. The number of aliphatic hydroxyl groups excluding tert-OH is 1. The highest BCUT2D eigenvalue weighted by molar-refractivity contribution is 5.20. The summed E-state index contributed by atoms with van der Waals surface area (Å²) in [5, 5.41) is 26.0. The van der Waals surface area contributed by atoms with Crippen molar-refractivity contribution in [2.75, 3.05) is 25.0 Å². The van der Waals surface area contributed by atoms with E-state index in [1.807, 2.05) is 0 Å². The summed E-state index contributed by atoms with van der Waals surface area (Å²) in [5.74, 6) is 0.642. The van der Waals surface area contributed by atoms with Crippen molar-refractivity contribution in [3.8, 4) is 0 Å². The van der Waals surface area contributed by atoms with Gasteiger partial charge in [-0.1, -0.05) is 5.10 Å². The van der Waals surface area contributed by atoms with E-state index in [1.165, 1.54) is 0 Å². The van der Waals surface area contributed by atoms with Crippen LogP contribution in [0.4, 0.5) is 5.95 Å². The van der Waals surface area contributed by atoms with Crippen molar-refractivity contribution in [1.29, 1.82) is 0 Å². The highest BCUT2D eigenvalue weighted by Gasteiger charge is 1.99. The second kappa shape index (κ2) is 5.51. The molecule has 80 valence electrons. The van der Waals surface area contributed by atoms with E-state index < -0.39 is 0 Å². The van der Waals surface area contributed by atoms with Gasteiger partial charge in [0.2, 0.25) is 5.95 Å². The van der Waals surface area contributed by atoms with Gasteiger partial charge in [0.05, 0.1) is 6.10 Å². The Hall–Kier alpha value is -1.21. The Kier molecular flexibility index (Phi) is 4.27. The molecule has 0 saturated carbocycles. The van der Waals surface area contributed by atoms with E-state index in [1.54, 1.807) is 18.7 Å². The summed E-state index contributed by atoms with van der Waals surface area (Å²) in [7, 11) is 1.77. The van der Waals surface area contributed by atoms with Crippen molar-refractivity contribution < 1.29 is 5.11 Å². The van der Waals surface area contributed by atoms with Crippen LogP contribution < -0.4 is 10.6 Å². The molecule has 0 saturated heterocycles. The third-order valence-electron chi connectivity index (χ3n) is 1.64. The number of nitrogens with zero attached hydrogens (tertiary/aromatic N) is 4. The Morgan fingerprint density at radius 2 is 2.29 bits per heavy atom. The second-order valence-corrected chi connectivity index (χ2v) is 3.11. The van der Waals surface area contributed by atoms with Crippen LogP contribution in [0.5, 0.6) is 0 Å². The molecule has 1 unspecified atom stereocenters. The molecule has 0 aromatic carbocycles.